The highest BCUT2D eigenvalue weighted by Crippen LogP contribution is 2.24. The number of alkyl halides is 3. The smallest absolute Gasteiger partial charge is 0.406 e. The molecule has 4 rings (SSSR count). The van der Waals surface area contributed by atoms with Crippen molar-refractivity contribution in [3.8, 4) is 5.75 Å². The Kier molecular flexibility index (Phi) is 7.07. The molecule has 1 amide bonds. The summed E-state index contributed by atoms with van der Waals surface area (Å²) in [5.74, 6) is -0.521. The normalized spacial score (nSPS) is 12.0. The number of rotatable bonds is 8. The van der Waals surface area contributed by atoms with Crippen LogP contribution in [0.25, 0.3) is 10.9 Å². The fraction of sp³-hybridized carbons (Fsp3) is 0.192. The minimum absolute atomic E-state index is 0.0243. The second-order valence-corrected chi connectivity index (χ2v) is 10.4. The molecule has 10 heteroatoms. The van der Waals surface area contributed by atoms with Gasteiger partial charge in [-0.15, -0.1) is 13.2 Å². The van der Waals surface area contributed by atoms with E-state index in [1.165, 1.54) is 24.3 Å². The summed E-state index contributed by atoms with van der Waals surface area (Å²) >= 11 is 0. The van der Waals surface area contributed by atoms with E-state index in [1.807, 2.05) is 22.9 Å². The van der Waals surface area contributed by atoms with E-state index in [-0.39, 0.29) is 28.8 Å². The molecule has 1 aromatic heterocycles. The van der Waals surface area contributed by atoms with Crippen molar-refractivity contribution in [1.29, 1.82) is 0 Å². The number of carbonyl (C=O) groups excluding carboxylic acids is 1. The zero-order chi connectivity index (χ0) is 25.9. The van der Waals surface area contributed by atoms with Crippen LogP contribution in [0.1, 0.15) is 28.4 Å². The van der Waals surface area contributed by atoms with Gasteiger partial charge < -0.3 is 14.6 Å². The number of fused-ring (bicyclic) bond motifs is 1. The summed E-state index contributed by atoms with van der Waals surface area (Å²) in [6, 6.07) is 19.2. The average Bonchev–Trinajstić information content (AvgIpc) is 3.25. The molecular formula is C26H23F3N2O4S. The molecule has 0 saturated carbocycles. The first-order valence-electron chi connectivity index (χ1n) is 11.1. The zero-order valence-corrected chi connectivity index (χ0v) is 20.1. The van der Waals surface area contributed by atoms with Crippen molar-refractivity contribution in [2.45, 2.75) is 31.3 Å². The summed E-state index contributed by atoms with van der Waals surface area (Å²) in [5, 5.41) is 3.67. The Hall–Kier alpha value is -3.79. The second-order valence-electron chi connectivity index (χ2n) is 8.14. The van der Waals surface area contributed by atoms with Crippen molar-refractivity contribution >= 4 is 26.6 Å². The second kappa shape index (κ2) is 10.1. The van der Waals surface area contributed by atoms with Crippen LogP contribution < -0.4 is 10.1 Å². The molecule has 0 aliphatic heterocycles. The molecule has 36 heavy (non-hydrogen) atoms. The quantitative estimate of drug-likeness (QED) is 0.344. The van der Waals surface area contributed by atoms with Gasteiger partial charge >= 0.3 is 6.36 Å². The monoisotopic (exact) mass is 516 g/mol. The van der Waals surface area contributed by atoms with Crippen molar-refractivity contribution in [1.82, 2.24) is 9.88 Å². The Morgan fingerprint density at radius 3 is 2.25 bits per heavy atom. The number of aromatic nitrogens is 1. The maximum atomic E-state index is 12.7. The highest BCUT2D eigenvalue weighted by molar-refractivity contribution is 7.91. The lowest BCUT2D eigenvalue weighted by atomic mass is 10.1. The van der Waals surface area contributed by atoms with Crippen molar-refractivity contribution in [3.63, 3.8) is 0 Å². The van der Waals surface area contributed by atoms with Gasteiger partial charge in [-0.2, -0.15) is 0 Å². The molecule has 6 nitrogen and oxygen atoms in total. The molecule has 188 valence electrons. The van der Waals surface area contributed by atoms with E-state index < -0.39 is 16.2 Å². The molecule has 0 radical (unpaired) electrons. The minimum atomic E-state index is -4.73. The standard InChI is InChI=1S/C26H23F3N2O4S/c1-2-36(33,34)23-10-5-18(6-11-23)16-30-25(32)21-7-12-24-20(15-21)13-14-31(24)17-19-3-8-22(9-4-19)35-26(27,28)29/h3-15H,2,16-17H2,1H3,(H,30,32). The summed E-state index contributed by atoms with van der Waals surface area (Å²) in [6.45, 7) is 2.27. The van der Waals surface area contributed by atoms with E-state index in [0.717, 1.165) is 22.0 Å². The third-order valence-electron chi connectivity index (χ3n) is 5.66. The minimum Gasteiger partial charge on any atom is -0.406 e. The fourth-order valence-electron chi connectivity index (χ4n) is 3.74. The maximum absolute atomic E-state index is 12.7. The van der Waals surface area contributed by atoms with Crippen LogP contribution in [0.4, 0.5) is 13.2 Å². The topological polar surface area (TPSA) is 77.4 Å². The van der Waals surface area contributed by atoms with Crippen LogP contribution >= 0.6 is 0 Å². The Morgan fingerprint density at radius 1 is 0.944 bits per heavy atom. The molecule has 3 aromatic carbocycles. The Labute approximate surface area is 206 Å². The molecule has 0 aliphatic rings. The van der Waals surface area contributed by atoms with E-state index in [1.54, 1.807) is 43.3 Å². The van der Waals surface area contributed by atoms with Gasteiger partial charge in [0.05, 0.1) is 10.6 Å². The number of amides is 1. The lowest BCUT2D eigenvalue weighted by Gasteiger charge is -2.10. The Morgan fingerprint density at radius 2 is 1.61 bits per heavy atom. The van der Waals surface area contributed by atoms with Gasteiger partial charge in [-0.25, -0.2) is 8.42 Å². The van der Waals surface area contributed by atoms with Crippen LogP contribution in [-0.2, 0) is 22.9 Å². The van der Waals surface area contributed by atoms with E-state index in [0.29, 0.717) is 12.1 Å². The van der Waals surface area contributed by atoms with E-state index in [4.69, 9.17) is 0 Å². The van der Waals surface area contributed by atoms with Gasteiger partial charge in [-0.3, -0.25) is 4.79 Å². The third kappa shape index (κ3) is 6.06. The highest BCUT2D eigenvalue weighted by atomic mass is 32.2. The molecule has 0 atom stereocenters. The molecule has 1 heterocycles. The van der Waals surface area contributed by atoms with Crippen molar-refractivity contribution in [2.24, 2.45) is 0 Å². The van der Waals surface area contributed by atoms with Gasteiger partial charge in [-0.05, 0) is 59.7 Å². The van der Waals surface area contributed by atoms with Crippen LogP contribution in [0.5, 0.6) is 5.75 Å². The number of nitrogens with zero attached hydrogens (tertiary/aromatic N) is 1. The van der Waals surface area contributed by atoms with E-state index >= 15 is 0 Å². The summed E-state index contributed by atoms with van der Waals surface area (Å²) < 4.78 is 66.7. The van der Waals surface area contributed by atoms with Gasteiger partial charge in [0.2, 0.25) is 0 Å². The molecule has 0 bridgehead atoms. The highest BCUT2D eigenvalue weighted by Gasteiger charge is 2.30. The first-order valence-corrected chi connectivity index (χ1v) is 12.7. The van der Waals surface area contributed by atoms with Gasteiger partial charge in [-0.1, -0.05) is 31.2 Å². The number of benzene rings is 3. The molecule has 0 aliphatic carbocycles. The number of hydrogen-bond donors (Lipinski definition) is 1. The van der Waals surface area contributed by atoms with Gasteiger partial charge in [0.15, 0.2) is 9.84 Å². The predicted molar refractivity (Wildman–Crippen MR) is 130 cm³/mol. The molecule has 0 fully saturated rings. The van der Waals surface area contributed by atoms with E-state index in [9.17, 15) is 26.4 Å². The van der Waals surface area contributed by atoms with Crippen LogP contribution in [0, 0.1) is 0 Å². The molecule has 1 N–H and O–H groups in total. The summed E-state index contributed by atoms with van der Waals surface area (Å²) in [6.07, 6.45) is -2.89. The summed E-state index contributed by atoms with van der Waals surface area (Å²) in [7, 11) is -3.27. The number of halogens is 3. The maximum Gasteiger partial charge on any atom is 0.573 e. The SMILES string of the molecule is CCS(=O)(=O)c1ccc(CNC(=O)c2ccc3c(ccn3Cc3ccc(OC(F)(F)F)cc3)c2)cc1. The summed E-state index contributed by atoms with van der Waals surface area (Å²) in [5.41, 5.74) is 2.91. The Bertz CT molecular complexity index is 1480. The van der Waals surface area contributed by atoms with Crippen molar-refractivity contribution in [2.75, 3.05) is 5.75 Å². The van der Waals surface area contributed by atoms with Crippen molar-refractivity contribution in [3.05, 3.63) is 95.7 Å². The van der Waals surface area contributed by atoms with Gasteiger partial charge in [0, 0.05) is 35.8 Å². The number of ether oxygens (including phenoxy) is 1. The lowest BCUT2D eigenvalue weighted by Crippen LogP contribution is -2.22. The van der Waals surface area contributed by atoms with E-state index in [2.05, 4.69) is 10.1 Å². The van der Waals surface area contributed by atoms with Crippen LogP contribution in [0.15, 0.2) is 83.9 Å². The molecule has 0 saturated heterocycles. The average molecular weight is 517 g/mol. The molecular weight excluding hydrogens is 493 g/mol. The fourth-order valence-corrected chi connectivity index (χ4v) is 4.62. The number of sulfone groups is 1. The largest absolute Gasteiger partial charge is 0.573 e. The molecule has 0 unspecified atom stereocenters. The van der Waals surface area contributed by atoms with Gasteiger partial charge in [0.25, 0.3) is 5.91 Å². The molecule has 0 spiro atoms. The molecule has 4 aromatic rings. The lowest BCUT2D eigenvalue weighted by molar-refractivity contribution is -0.274. The third-order valence-corrected chi connectivity index (χ3v) is 7.41. The number of nitrogens with one attached hydrogen (secondary N) is 1. The first kappa shape index (κ1) is 25.3. The van der Waals surface area contributed by atoms with Gasteiger partial charge in [0.1, 0.15) is 5.75 Å². The predicted octanol–water partition coefficient (Wildman–Crippen LogP) is 5.31. The van der Waals surface area contributed by atoms with Crippen LogP contribution in [0.3, 0.4) is 0 Å². The summed E-state index contributed by atoms with van der Waals surface area (Å²) in [4.78, 5) is 12.9. The van der Waals surface area contributed by atoms with Crippen LogP contribution in [0.2, 0.25) is 0 Å². The van der Waals surface area contributed by atoms with Crippen molar-refractivity contribution < 1.29 is 31.1 Å². The Balaban J connectivity index is 1.40. The van der Waals surface area contributed by atoms with Crippen LogP contribution in [-0.4, -0.2) is 31.0 Å². The first-order chi connectivity index (χ1) is 17.0. The number of carbonyl (C=O) groups is 1. The zero-order valence-electron chi connectivity index (χ0n) is 19.2. The number of hydrogen-bond acceptors (Lipinski definition) is 4.